The molecule has 0 saturated carbocycles. The molecule has 0 spiro atoms. The van der Waals surface area contributed by atoms with Crippen molar-refractivity contribution >= 4 is 16.7 Å². The van der Waals surface area contributed by atoms with Gasteiger partial charge in [0.25, 0.3) is 0 Å². The minimum absolute atomic E-state index is 0.331. The van der Waals surface area contributed by atoms with Crippen LogP contribution >= 0.6 is 0 Å². The number of nitriles is 1. The van der Waals surface area contributed by atoms with Crippen molar-refractivity contribution in [3.63, 3.8) is 0 Å². The molecule has 0 radical (unpaired) electrons. The number of fused-ring (bicyclic) bond motifs is 1. The molecule has 0 aliphatic carbocycles. The quantitative estimate of drug-likeness (QED) is 0.799. The van der Waals surface area contributed by atoms with Gasteiger partial charge in [0.05, 0.1) is 35.5 Å². The lowest BCUT2D eigenvalue weighted by Gasteiger charge is -2.29. The van der Waals surface area contributed by atoms with E-state index in [0.717, 1.165) is 42.9 Å². The normalized spacial score (nSPS) is 14.6. The molecule has 4 rings (SSSR count). The van der Waals surface area contributed by atoms with Gasteiger partial charge in [-0.15, -0.1) is 0 Å². The van der Waals surface area contributed by atoms with Crippen molar-refractivity contribution in [2.24, 2.45) is 0 Å². The number of anilines is 1. The van der Waals surface area contributed by atoms with Gasteiger partial charge in [0.2, 0.25) is 0 Å². The second-order valence-corrected chi connectivity index (χ2v) is 6.20. The van der Waals surface area contributed by atoms with Gasteiger partial charge in [0.15, 0.2) is 0 Å². The molecule has 1 aliphatic rings. The van der Waals surface area contributed by atoms with E-state index in [2.05, 4.69) is 27.3 Å². The average molecular weight is 335 g/mol. The highest BCUT2D eigenvalue weighted by Gasteiger charge is 2.13. The Bertz CT molecular complexity index is 950. The third kappa shape index (κ3) is 3.06. The summed E-state index contributed by atoms with van der Waals surface area (Å²) in [6.45, 7) is 4.30. The Labute approximate surface area is 145 Å². The van der Waals surface area contributed by atoms with Crippen LogP contribution in [0.4, 0.5) is 10.1 Å². The third-order valence-electron chi connectivity index (χ3n) is 4.61. The predicted molar refractivity (Wildman–Crippen MR) is 95.0 cm³/mol. The Morgan fingerprint density at radius 3 is 2.76 bits per heavy atom. The maximum atomic E-state index is 14.2. The molecule has 6 heteroatoms. The molecule has 1 fully saturated rings. The van der Waals surface area contributed by atoms with E-state index in [4.69, 9.17) is 5.26 Å². The zero-order valence-electron chi connectivity index (χ0n) is 13.7. The van der Waals surface area contributed by atoms with Crippen LogP contribution < -0.4 is 10.2 Å². The summed E-state index contributed by atoms with van der Waals surface area (Å²) in [4.78, 5) is 6.76. The van der Waals surface area contributed by atoms with Gasteiger partial charge < -0.3 is 14.8 Å². The van der Waals surface area contributed by atoms with Crippen molar-refractivity contribution in [3.05, 3.63) is 59.7 Å². The fourth-order valence-electron chi connectivity index (χ4n) is 3.22. The summed E-state index contributed by atoms with van der Waals surface area (Å²) in [5.74, 6) is -0.362. The van der Waals surface area contributed by atoms with Gasteiger partial charge in [-0.2, -0.15) is 5.26 Å². The number of nitrogens with zero attached hydrogens (tertiary/aromatic N) is 4. The molecule has 126 valence electrons. The maximum absolute atomic E-state index is 14.2. The molecule has 1 N–H and O–H groups in total. The largest absolute Gasteiger partial charge is 0.369 e. The monoisotopic (exact) mass is 335 g/mol. The molecule has 3 aromatic rings. The lowest BCUT2D eigenvalue weighted by Crippen LogP contribution is -2.43. The summed E-state index contributed by atoms with van der Waals surface area (Å²) in [6.07, 6.45) is 1.74. The van der Waals surface area contributed by atoms with E-state index in [1.807, 2.05) is 16.7 Å². The zero-order chi connectivity index (χ0) is 17.2. The SMILES string of the molecule is N#Cc1ccc(Cn2cnc3ccc(N4CCNCC4)cc32)c(F)c1. The summed E-state index contributed by atoms with van der Waals surface area (Å²) in [6, 6.07) is 12.8. The van der Waals surface area contributed by atoms with Gasteiger partial charge in [0.1, 0.15) is 5.82 Å². The molecule has 0 bridgehead atoms. The van der Waals surface area contributed by atoms with Crippen molar-refractivity contribution in [1.29, 1.82) is 5.26 Å². The van der Waals surface area contributed by atoms with Gasteiger partial charge in [-0.1, -0.05) is 6.07 Å². The van der Waals surface area contributed by atoms with Crippen molar-refractivity contribution < 1.29 is 4.39 Å². The van der Waals surface area contributed by atoms with Crippen LogP contribution in [0.1, 0.15) is 11.1 Å². The van der Waals surface area contributed by atoms with Crippen LogP contribution in [0.15, 0.2) is 42.7 Å². The fourth-order valence-corrected chi connectivity index (χ4v) is 3.22. The number of aromatic nitrogens is 2. The Kier molecular flexibility index (Phi) is 4.08. The number of halogens is 1. The first kappa shape index (κ1) is 15.6. The van der Waals surface area contributed by atoms with Crippen LogP contribution in [-0.4, -0.2) is 35.7 Å². The Morgan fingerprint density at radius 2 is 2.00 bits per heavy atom. The average Bonchev–Trinajstić information content (AvgIpc) is 3.06. The van der Waals surface area contributed by atoms with Crippen LogP contribution in [0.2, 0.25) is 0 Å². The van der Waals surface area contributed by atoms with Gasteiger partial charge in [0, 0.05) is 37.4 Å². The molecule has 1 aromatic heterocycles. The number of benzene rings is 2. The first-order chi connectivity index (χ1) is 12.2. The fraction of sp³-hybridized carbons (Fsp3) is 0.263. The molecule has 2 heterocycles. The Hall–Kier alpha value is -2.91. The lowest BCUT2D eigenvalue weighted by atomic mass is 10.1. The van der Waals surface area contributed by atoms with Crippen LogP contribution in [0.25, 0.3) is 11.0 Å². The van der Waals surface area contributed by atoms with E-state index in [-0.39, 0.29) is 5.82 Å². The molecule has 1 saturated heterocycles. The minimum Gasteiger partial charge on any atom is -0.369 e. The molecule has 0 unspecified atom stereocenters. The standard InChI is InChI=1S/C19H18FN5/c20-17-9-14(11-21)1-2-15(17)12-25-13-23-18-4-3-16(10-19(18)25)24-7-5-22-6-8-24/h1-4,9-10,13,22H,5-8,12H2. The maximum Gasteiger partial charge on any atom is 0.129 e. The summed E-state index contributed by atoms with van der Waals surface area (Å²) in [7, 11) is 0. The lowest BCUT2D eigenvalue weighted by molar-refractivity contribution is 0.589. The van der Waals surface area contributed by atoms with Crippen molar-refractivity contribution in [2.75, 3.05) is 31.1 Å². The van der Waals surface area contributed by atoms with E-state index < -0.39 is 0 Å². The number of rotatable bonds is 3. The first-order valence-corrected chi connectivity index (χ1v) is 8.34. The van der Waals surface area contributed by atoms with E-state index in [9.17, 15) is 4.39 Å². The second kappa shape index (κ2) is 6.54. The van der Waals surface area contributed by atoms with Crippen LogP contribution in [0.3, 0.4) is 0 Å². The topological polar surface area (TPSA) is 56.9 Å². The summed E-state index contributed by atoms with van der Waals surface area (Å²) < 4.78 is 16.1. The first-order valence-electron chi connectivity index (χ1n) is 8.34. The number of hydrogen-bond donors (Lipinski definition) is 1. The number of nitrogens with one attached hydrogen (secondary N) is 1. The van der Waals surface area contributed by atoms with E-state index in [1.165, 1.54) is 6.07 Å². The zero-order valence-corrected chi connectivity index (χ0v) is 13.7. The molecule has 0 atom stereocenters. The third-order valence-corrected chi connectivity index (χ3v) is 4.61. The molecule has 1 aliphatic heterocycles. The van der Waals surface area contributed by atoms with Gasteiger partial charge in [-0.05, 0) is 30.3 Å². The van der Waals surface area contributed by atoms with Crippen LogP contribution in [0, 0.1) is 17.1 Å². The van der Waals surface area contributed by atoms with Crippen LogP contribution in [0.5, 0.6) is 0 Å². The smallest absolute Gasteiger partial charge is 0.129 e. The van der Waals surface area contributed by atoms with Gasteiger partial charge in [-0.25, -0.2) is 9.37 Å². The molecular formula is C19H18FN5. The number of piperazine rings is 1. The van der Waals surface area contributed by atoms with Crippen molar-refractivity contribution in [3.8, 4) is 6.07 Å². The highest BCUT2D eigenvalue weighted by atomic mass is 19.1. The number of hydrogen-bond acceptors (Lipinski definition) is 4. The highest BCUT2D eigenvalue weighted by Crippen LogP contribution is 2.23. The summed E-state index contributed by atoms with van der Waals surface area (Å²) in [5, 5.41) is 12.2. The summed E-state index contributed by atoms with van der Waals surface area (Å²) >= 11 is 0. The second-order valence-electron chi connectivity index (χ2n) is 6.20. The van der Waals surface area contributed by atoms with Gasteiger partial charge in [-0.3, -0.25) is 0 Å². The molecule has 0 amide bonds. The molecule has 5 nitrogen and oxygen atoms in total. The number of imidazole rings is 1. The van der Waals surface area contributed by atoms with Crippen molar-refractivity contribution in [1.82, 2.24) is 14.9 Å². The molecule has 25 heavy (non-hydrogen) atoms. The minimum atomic E-state index is -0.362. The highest BCUT2D eigenvalue weighted by molar-refractivity contribution is 5.80. The van der Waals surface area contributed by atoms with Crippen LogP contribution in [-0.2, 0) is 6.54 Å². The predicted octanol–water partition coefficient (Wildman–Crippen LogP) is 2.50. The molecule has 2 aromatic carbocycles. The Morgan fingerprint density at radius 1 is 1.16 bits per heavy atom. The van der Waals surface area contributed by atoms with Gasteiger partial charge >= 0.3 is 0 Å². The van der Waals surface area contributed by atoms with E-state index in [0.29, 0.717) is 17.7 Å². The van der Waals surface area contributed by atoms with Crippen molar-refractivity contribution in [2.45, 2.75) is 6.54 Å². The molecular weight excluding hydrogens is 317 g/mol. The Balaban J connectivity index is 1.66. The van der Waals surface area contributed by atoms with E-state index >= 15 is 0 Å². The van der Waals surface area contributed by atoms with E-state index in [1.54, 1.807) is 18.5 Å². The summed E-state index contributed by atoms with van der Waals surface area (Å²) in [5.41, 5.74) is 3.92.